The molecular formula is C18H17ClN2O2S. The Balaban J connectivity index is 2.05. The average molecular weight is 361 g/mol. The minimum atomic E-state index is -0.336. The summed E-state index contributed by atoms with van der Waals surface area (Å²) in [5.74, 6) is -0.336. The molecular weight excluding hydrogens is 344 g/mol. The van der Waals surface area contributed by atoms with Gasteiger partial charge in [-0.1, -0.05) is 47.2 Å². The molecule has 0 saturated carbocycles. The van der Waals surface area contributed by atoms with E-state index in [9.17, 15) is 4.79 Å². The Labute approximate surface area is 149 Å². The van der Waals surface area contributed by atoms with Gasteiger partial charge in [0.15, 0.2) is 4.80 Å². The number of hydrogen-bond acceptors (Lipinski definition) is 3. The lowest BCUT2D eigenvalue weighted by atomic mass is 10.2. The highest BCUT2D eigenvalue weighted by Gasteiger charge is 2.11. The van der Waals surface area contributed by atoms with Crippen LogP contribution >= 0.6 is 22.9 Å². The Morgan fingerprint density at radius 1 is 1.21 bits per heavy atom. The van der Waals surface area contributed by atoms with Crippen LogP contribution in [0.15, 0.2) is 53.5 Å². The van der Waals surface area contributed by atoms with Crippen molar-refractivity contribution in [1.82, 2.24) is 4.57 Å². The van der Waals surface area contributed by atoms with Gasteiger partial charge in [0, 0.05) is 13.2 Å². The summed E-state index contributed by atoms with van der Waals surface area (Å²) in [5, 5.41) is 0.410. The second-order valence-electron chi connectivity index (χ2n) is 5.10. The number of halogens is 1. The number of fused-ring (bicyclic) bond motifs is 1. The molecule has 124 valence electrons. The van der Waals surface area contributed by atoms with Gasteiger partial charge in [0.2, 0.25) is 0 Å². The number of rotatable bonds is 5. The predicted octanol–water partition coefficient (Wildman–Crippen LogP) is 4.13. The summed E-state index contributed by atoms with van der Waals surface area (Å²) in [7, 11) is 0. The fourth-order valence-electron chi connectivity index (χ4n) is 2.40. The molecule has 0 N–H and O–H groups in total. The highest BCUT2D eigenvalue weighted by Crippen LogP contribution is 2.18. The summed E-state index contributed by atoms with van der Waals surface area (Å²) < 4.78 is 8.56. The summed E-state index contributed by atoms with van der Waals surface area (Å²) in [6, 6.07) is 15.0. The Bertz CT molecular complexity index is 930. The van der Waals surface area contributed by atoms with Crippen molar-refractivity contribution in [3.8, 4) is 0 Å². The minimum absolute atomic E-state index is 0.336. The number of thiazole rings is 1. The van der Waals surface area contributed by atoms with Gasteiger partial charge in [0.25, 0.3) is 5.91 Å². The standard InChI is InChI=1S/C18H17ClN2O2S/c1-2-23-12-11-21-15-9-5-6-10-16(15)24-18(21)20-17(22)13-7-3-4-8-14(13)19/h3-10H,2,11-12H2,1H3. The zero-order chi connectivity index (χ0) is 16.9. The zero-order valence-corrected chi connectivity index (χ0v) is 14.8. The van der Waals surface area contributed by atoms with E-state index >= 15 is 0 Å². The molecule has 4 nitrogen and oxygen atoms in total. The first kappa shape index (κ1) is 16.9. The number of carbonyl (C=O) groups is 1. The van der Waals surface area contributed by atoms with E-state index in [0.29, 0.717) is 35.1 Å². The van der Waals surface area contributed by atoms with Crippen molar-refractivity contribution in [2.75, 3.05) is 13.2 Å². The van der Waals surface area contributed by atoms with Crippen LogP contribution in [0.4, 0.5) is 0 Å². The van der Waals surface area contributed by atoms with Crippen molar-refractivity contribution < 1.29 is 9.53 Å². The van der Waals surface area contributed by atoms with Gasteiger partial charge in [-0.15, -0.1) is 0 Å². The topological polar surface area (TPSA) is 43.6 Å². The van der Waals surface area contributed by atoms with Crippen LogP contribution in [-0.2, 0) is 11.3 Å². The van der Waals surface area contributed by atoms with E-state index in [4.69, 9.17) is 16.3 Å². The van der Waals surface area contributed by atoms with Crippen molar-refractivity contribution in [3.63, 3.8) is 0 Å². The average Bonchev–Trinajstić information content (AvgIpc) is 2.93. The van der Waals surface area contributed by atoms with Crippen LogP contribution in [0.3, 0.4) is 0 Å². The van der Waals surface area contributed by atoms with Gasteiger partial charge >= 0.3 is 0 Å². The molecule has 0 radical (unpaired) electrons. The third-order valence-corrected chi connectivity index (χ3v) is 4.94. The van der Waals surface area contributed by atoms with Gasteiger partial charge in [0.05, 0.1) is 27.4 Å². The van der Waals surface area contributed by atoms with E-state index in [1.165, 1.54) is 11.3 Å². The van der Waals surface area contributed by atoms with Crippen LogP contribution in [0.1, 0.15) is 17.3 Å². The van der Waals surface area contributed by atoms with E-state index in [-0.39, 0.29) is 5.91 Å². The molecule has 0 aliphatic rings. The summed E-state index contributed by atoms with van der Waals surface area (Å²) in [6.45, 7) is 3.84. The lowest BCUT2D eigenvalue weighted by Crippen LogP contribution is -2.19. The number of hydrogen-bond donors (Lipinski definition) is 0. The first-order valence-corrected chi connectivity index (χ1v) is 8.90. The first-order chi connectivity index (χ1) is 11.7. The van der Waals surface area contributed by atoms with Crippen LogP contribution in [0.5, 0.6) is 0 Å². The van der Waals surface area contributed by atoms with Crippen molar-refractivity contribution >= 4 is 39.1 Å². The molecule has 0 aliphatic heterocycles. The summed E-state index contributed by atoms with van der Waals surface area (Å²) >= 11 is 7.59. The van der Waals surface area contributed by atoms with Gasteiger partial charge < -0.3 is 9.30 Å². The first-order valence-electron chi connectivity index (χ1n) is 7.70. The van der Waals surface area contributed by atoms with E-state index in [0.717, 1.165) is 10.2 Å². The number of nitrogens with zero attached hydrogens (tertiary/aromatic N) is 2. The summed E-state index contributed by atoms with van der Waals surface area (Å²) in [5.41, 5.74) is 1.46. The fourth-order valence-corrected chi connectivity index (χ4v) is 3.68. The molecule has 2 aromatic carbocycles. The fraction of sp³-hybridized carbons (Fsp3) is 0.222. The highest BCUT2D eigenvalue weighted by atomic mass is 35.5. The Morgan fingerprint density at radius 2 is 1.96 bits per heavy atom. The maximum Gasteiger partial charge on any atom is 0.281 e. The van der Waals surface area contributed by atoms with Gasteiger partial charge in [-0.2, -0.15) is 4.99 Å². The third kappa shape index (κ3) is 3.59. The van der Waals surface area contributed by atoms with Crippen LogP contribution in [0, 0.1) is 0 Å². The summed E-state index contributed by atoms with van der Waals surface area (Å²) in [6.07, 6.45) is 0. The minimum Gasteiger partial charge on any atom is -0.380 e. The molecule has 0 aliphatic carbocycles. The maximum absolute atomic E-state index is 12.5. The van der Waals surface area contributed by atoms with E-state index in [1.54, 1.807) is 24.3 Å². The van der Waals surface area contributed by atoms with E-state index < -0.39 is 0 Å². The second-order valence-corrected chi connectivity index (χ2v) is 6.51. The lowest BCUT2D eigenvalue weighted by Gasteiger charge is -2.05. The molecule has 0 fully saturated rings. The number of carbonyl (C=O) groups excluding carboxylic acids is 1. The number of aromatic nitrogens is 1. The number of ether oxygens (including phenoxy) is 1. The molecule has 0 saturated heterocycles. The number of amides is 1. The monoisotopic (exact) mass is 360 g/mol. The second kappa shape index (κ2) is 7.75. The van der Waals surface area contributed by atoms with Crippen molar-refractivity contribution in [2.45, 2.75) is 13.5 Å². The Hall–Kier alpha value is -1.95. The van der Waals surface area contributed by atoms with Crippen molar-refractivity contribution in [2.24, 2.45) is 4.99 Å². The molecule has 0 unspecified atom stereocenters. The molecule has 0 atom stereocenters. The Morgan fingerprint density at radius 3 is 2.75 bits per heavy atom. The molecule has 1 aromatic heterocycles. The SMILES string of the molecule is CCOCCn1c(=NC(=O)c2ccccc2Cl)sc2ccccc21. The lowest BCUT2D eigenvalue weighted by molar-refractivity contribution is 0.0997. The van der Waals surface area contributed by atoms with Gasteiger partial charge in [0.1, 0.15) is 0 Å². The summed E-state index contributed by atoms with van der Waals surface area (Å²) in [4.78, 5) is 17.5. The largest absolute Gasteiger partial charge is 0.380 e. The van der Waals surface area contributed by atoms with Gasteiger partial charge in [-0.25, -0.2) is 0 Å². The van der Waals surface area contributed by atoms with Crippen molar-refractivity contribution in [3.05, 3.63) is 63.9 Å². The van der Waals surface area contributed by atoms with Crippen LogP contribution in [0.25, 0.3) is 10.2 Å². The third-order valence-electron chi connectivity index (χ3n) is 3.55. The number of para-hydroxylation sites is 1. The van der Waals surface area contributed by atoms with Gasteiger partial charge in [-0.05, 0) is 31.2 Å². The molecule has 24 heavy (non-hydrogen) atoms. The van der Waals surface area contributed by atoms with E-state index in [1.807, 2.05) is 35.8 Å². The molecule has 0 bridgehead atoms. The van der Waals surface area contributed by atoms with Gasteiger partial charge in [-0.3, -0.25) is 4.79 Å². The molecule has 1 heterocycles. The van der Waals surface area contributed by atoms with Crippen LogP contribution in [0.2, 0.25) is 5.02 Å². The molecule has 0 spiro atoms. The molecule has 3 aromatic rings. The molecule has 1 amide bonds. The van der Waals surface area contributed by atoms with Crippen molar-refractivity contribution in [1.29, 1.82) is 0 Å². The Kier molecular flexibility index (Phi) is 5.45. The normalized spacial score (nSPS) is 12.0. The smallest absolute Gasteiger partial charge is 0.281 e. The van der Waals surface area contributed by atoms with E-state index in [2.05, 4.69) is 4.99 Å². The van der Waals surface area contributed by atoms with Crippen LogP contribution in [-0.4, -0.2) is 23.7 Å². The molecule has 6 heteroatoms. The zero-order valence-electron chi connectivity index (χ0n) is 13.2. The maximum atomic E-state index is 12.5. The quantitative estimate of drug-likeness (QED) is 0.642. The predicted molar refractivity (Wildman–Crippen MR) is 97.7 cm³/mol. The van der Waals surface area contributed by atoms with Crippen LogP contribution < -0.4 is 4.80 Å². The molecule has 3 rings (SSSR count). The number of benzene rings is 2. The highest BCUT2D eigenvalue weighted by molar-refractivity contribution is 7.16.